The van der Waals surface area contributed by atoms with Crippen molar-refractivity contribution in [3.63, 3.8) is 0 Å². The van der Waals surface area contributed by atoms with Crippen molar-refractivity contribution in [1.29, 1.82) is 0 Å². The smallest absolute Gasteiger partial charge is 0.458 e. The third-order valence-electron chi connectivity index (χ3n) is 14.6. The number of esters is 4. The summed E-state index contributed by atoms with van der Waals surface area (Å²) >= 11 is 0. The number of nitrogens with zero attached hydrogens (tertiary/aromatic N) is 2. The molecule has 20 heteroatoms. The Balaban J connectivity index is 2.02. The van der Waals surface area contributed by atoms with Gasteiger partial charge in [0.1, 0.15) is 28.8 Å². The summed E-state index contributed by atoms with van der Waals surface area (Å²) in [6.07, 6.45) is -5.96. The van der Waals surface area contributed by atoms with E-state index in [1.807, 2.05) is 13.2 Å². The maximum atomic E-state index is 15.0. The molecular weight excluding hydrogens is 913 g/mol. The number of rotatable bonds is 12. The van der Waals surface area contributed by atoms with Crippen molar-refractivity contribution in [1.82, 2.24) is 4.90 Å². The molecule has 4 fully saturated rings. The highest BCUT2D eigenvalue weighted by Crippen LogP contribution is 2.51. The summed E-state index contributed by atoms with van der Waals surface area (Å²) in [6.45, 7) is 27.6. The number of carbonyl (C=O) groups is 6. The second kappa shape index (κ2) is 22.4. The molecule has 0 saturated carbocycles. The monoisotopic (exact) mass is 987 g/mol. The van der Waals surface area contributed by atoms with E-state index in [-0.39, 0.29) is 37.4 Å². The molecule has 4 aliphatic heterocycles. The lowest BCUT2D eigenvalue weighted by Gasteiger charge is -2.50. The van der Waals surface area contributed by atoms with Crippen LogP contribution in [0.2, 0.25) is 0 Å². The summed E-state index contributed by atoms with van der Waals surface area (Å²) < 4.78 is 63.7. The van der Waals surface area contributed by atoms with E-state index < -0.39 is 136 Å². The Bertz CT molecular complexity index is 1870. The third-order valence-corrected chi connectivity index (χ3v) is 16.7. The molecule has 1 unspecified atom stereocenters. The standard InChI is InChI=1S/C47H75N2O16S2/c1-19-33-46(13)35(38(67-66-18)43(55)65-46)25(4)36(53)23(2)21-44(11,56-16)39(64-47(48-14)41(60-31(10)52)32(20-24(3)63-47)49(15)29(8)50)26(5)37(27(6)42(54)61-33)62-34-22-45(12,57-17)40(28(7)58-34)59-30(9)51/h14,23-28,32-35,37-41H,19-22H2,1-13,15-18H3/q+1/t23-,24-,25-,26+,27-,28+,32+,33-,34+,35+,37+,38?,39-,40+,41-,44-,45-,46-,47-/m1/s1. The van der Waals surface area contributed by atoms with Gasteiger partial charge >= 0.3 is 29.8 Å². The van der Waals surface area contributed by atoms with Gasteiger partial charge in [-0.15, -0.1) is 0 Å². The largest absolute Gasteiger partial charge is 0.541 e. The van der Waals surface area contributed by atoms with Gasteiger partial charge in [-0.2, -0.15) is 0 Å². The molecule has 0 aliphatic carbocycles. The Kier molecular flexibility index (Phi) is 18.9. The second-order valence-corrected chi connectivity index (χ2v) is 22.0. The molecule has 1 amide bonds. The first-order valence-electron chi connectivity index (χ1n) is 23.1. The van der Waals surface area contributed by atoms with E-state index in [1.54, 1.807) is 69.4 Å². The van der Waals surface area contributed by atoms with E-state index in [0.717, 1.165) is 0 Å². The number of amides is 1. The van der Waals surface area contributed by atoms with Crippen molar-refractivity contribution < 1.29 is 76.1 Å². The highest BCUT2D eigenvalue weighted by atomic mass is 33.1. The molecular formula is C47H75N2O16S2+. The van der Waals surface area contributed by atoms with Crippen LogP contribution in [-0.2, 0) is 76.1 Å². The van der Waals surface area contributed by atoms with Gasteiger partial charge in [0.05, 0.1) is 35.9 Å². The summed E-state index contributed by atoms with van der Waals surface area (Å²) in [5, 5.41) is -0.766. The number of Topliss-reactive ketones (excluding diaryl/α,β-unsaturated/α-hetero) is 1. The molecule has 380 valence electrons. The van der Waals surface area contributed by atoms with Crippen molar-refractivity contribution in [2.45, 2.75) is 199 Å². The predicted octanol–water partition coefficient (Wildman–Crippen LogP) is 5.99. The van der Waals surface area contributed by atoms with Crippen LogP contribution in [0.3, 0.4) is 0 Å². The average molecular weight is 988 g/mol. The molecule has 0 spiro atoms. The van der Waals surface area contributed by atoms with Gasteiger partial charge in [0.2, 0.25) is 5.91 Å². The van der Waals surface area contributed by atoms with Crippen LogP contribution in [0, 0.1) is 36.2 Å². The normalized spacial score (nSPS) is 43.1. The quantitative estimate of drug-likeness (QED) is 0.125. The zero-order valence-electron chi connectivity index (χ0n) is 42.3. The summed E-state index contributed by atoms with van der Waals surface area (Å²) in [5.74, 6) is -9.72. The zero-order valence-corrected chi connectivity index (χ0v) is 43.9. The van der Waals surface area contributed by atoms with Crippen LogP contribution in [0.4, 0.5) is 0 Å². The third kappa shape index (κ3) is 11.6. The fraction of sp³-hybridized carbons (Fsp3) is 0.851. The predicted molar refractivity (Wildman–Crippen MR) is 248 cm³/mol. The fourth-order valence-electron chi connectivity index (χ4n) is 10.9. The number of carbonyl (C=O) groups excluding carboxylic acids is 6. The first kappa shape index (κ1) is 56.6. The second-order valence-electron chi connectivity index (χ2n) is 19.4. The van der Waals surface area contributed by atoms with Gasteiger partial charge < -0.3 is 42.8 Å². The van der Waals surface area contributed by atoms with Gasteiger partial charge in [-0.3, -0.25) is 38.2 Å². The van der Waals surface area contributed by atoms with E-state index in [9.17, 15) is 28.8 Å². The van der Waals surface area contributed by atoms with Crippen LogP contribution in [0.25, 0.3) is 4.85 Å². The zero-order chi connectivity index (χ0) is 50.7. The number of methoxy groups -OCH3 is 2. The number of likely N-dealkylation sites (N-methyl/N-ethyl adjacent to an activating group) is 1. The van der Waals surface area contributed by atoms with Crippen LogP contribution >= 0.6 is 21.6 Å². The van der Waals surface area contributed by atoms with Gasteiger partial charge in [0.25, 0.3) is 12.7 Å². The summed E-state index contributed by atoms with van der Waals surface area (Å²) in [6, 6.07) is -0.847. The molecule has 4 aliphatic rings. The maximum Gasteiger partial charge on any atom is 0.541 e. The molecule has 4 heterocycles. The molecule has 0 N–H and O–H groups in total. The van der Waals surface area contributed by atoms with Gasteiger partial charge in [-0.25, -0.2) is 0 Å². The van der Waals surface area contributed by atoms with Gasteiger partial charge in [-0.05, 0) is 71.9 Å². The minimum absolute atomic E-state index is 0.00298. The SMILES string of the molecule is C#[N+][C@@]1(O[C@@H]2[C@@H](C)[C@H](O[C@H]3C[C@@](C)(OC)[C@@H](OC(C)=O)[C@H](C)O3)[C@@H](C)C(=O)O[C@H](CC)[C@@]3(C)OC(=O)C(SSC)[C@@H]3[C@@H](C)C(=O)[C@H](C)C[C@@]2(C)OC)O[C@H](C)C[C@H](N(C)C(C)=O)[C@H]1OC(C)=O. The maximum absolute atomic E-state index is 15.0. The molecule has 18 nitrogen and oxygen atoms in total. The Morgan fingerprint density at radius 1 is 0.866 bits per heavy atom. The van der Waals surface area contributed by atoms with E-state index in [4.69, 9.17) is 53.9 Å². The van der Waals surface area contributed by atoms with Crippen LogP contribution in [0.5, 0.6) is 0 Å². The van der Waals surface area contributed by atoms with Crippen molar-refractivity contribution in [3.05, 3.63) is 4.85 Å². The van der Waals surface area contributed by atoms with Crippen molar-refractivity contribution in [3.8, 4) is 6.57 Å². The highest BCUT2D eigenvalue weighted by molar-refractivity contribution is 8.76. The lowest BCUT2D eigenvalue weighted by atomic mass is 9.70. The summed E-state index contributed by atoms with van der Waals surface area (Å²) in [5.41, 5.74) is -4.02. The van der Waals surface area contributed by atoms with E-state index in [1.165, 1.54) is 61.5 Å². The molecule has 4 saturated heterocycles. The van der Waals surface area contributed by atoms with Gasteiger partial charge in [-0.1, -0.05) is 49.3 Å². The van der Waals surface area contributed by atoms with Crippen molar-refractivity contribution in [2.75, 3.05) is 27.5 Å². The topological polar surface area (TPSA) is 202 Å². The van der Waals surface area contributed by atoms with Crippen LogP contribution in [-0.4, -0.2) is 151 Å². The van der Waals surface area contributed by atoms with Crippen LogP contribution in [0.15, 0.2) is 0 Å². The summed E-state index contributed by atoms with van der Waals surface area (Å²) in [4.78, 5) is 87.5. The van der Waals surface area contributed by atoms with E-state index in [2.05, 4.69) is 4.85 Å². The highest BCUT2D eigenvalue weighted by Gasteiger charge is 2.68. The molecule has 67 heavy (non-hydrogen) atoms. The first-order chi connectivity index (χ1) is 31.1. The molecule has 0 aromatic rings. The Hall–Kier alpha value is -3.03. The first-order valence-corrected chi connectivity index (χ1v) is 25.7. The Morgan fingerprint density at radius 3 is 1.97 bits per heavy atom. The van der Waals surface area contributed by atoms with Gasteiger partial charge in [0, 0.05) is 72.1 Å². The Labute approximate surface area is 404 Å². The number of ether oxygens (including phenoxy) is 10. The molecule has 0 aromatic carbocycles. The average Bonchev–Trinajstić information content (AvgIpc) is 3.52. The number of hydrogen-bond acceptors (Lipinski definition) is 18. The van der Waals surface area contributed by atoms with E-state index in [0.29, 0.717) is 0 Å². The number of fused-ring (bicyclic) bond motifs is 1. The minimum Gasteiger partial charge on any atom is -0.458 e. The lowest BCUT2D eigenvalue weighted by molar-refractivity contribution is -0.351. The molecule has 0 bridgehead atoms. The van der Waals surface area contributed by atoms with Gasteiger partial charge in [0.15, 0.2) is 18.0 Å². The van der Waals surface area contributed by atoms with Crippen molar-refractivity contribution >= 4 is 57.2 Å². The van der Waals surface area contributed by atoms with Crippen LogP contribution < -0.4 is 0 Å². The molecule has 0 radical (unpaired) electrons. The van der Waals surface area contributed by atoms with E-state index >= 15 is 0 Å². The van der Waals surface area contributed by atoms with Crippen molar-refractivity contribution in [2.24, 2.45) is 29.6 Å². The fourth-order valence-corrected chi connectivity index (χ4v) is 13.1. The molecule has 4 rings (SSSR count). The minimum atomic E-state index is -2.31. The number of ketones is 1. The molecule has 0 aromatic heterocycles. The molecule has 19 atom stereocenters. The van der Waals surface area contributed by atoms with Crippen LogP contribution in [0.1, 0.15) is 116 Å². The Morgan fingerprint density at radius 2 is 1.45 bits per heavy atom. The summed E-state index contributed by atoms with van der Waals surface area (Å²) in [7, 11) is 7.16. The number of cyclic esters (lactones) is 1. The lowest BCUT2D eigenvalue weighted by Crippen LogP contribution is -2.66. The number of hydrogen-bond donors (Lipinski definition) is 0.